The zero-order valence-corrected chi connectivity index (χ0v) is 9.00. The van der Waals surface area contributed by atoms with Crippen LogP contribution >= 0.6 is 0 Å². The minimum absolute atomic E-state index is 0.306. The first-order chi connectivity index (χ1) is 7.70. The van der Waals surface area contributed by atoms with Crippen LogP contribution in [-0.2, 0) is 4.74 Å². The molecule has 0 aliphatic carbocycles. The van der Waals surface area contributed by atoms with Crippen molar-refractivity contribution in [2.45, 2.75) is 25.6 Å². The minimum atomic E-state index is -1.27. The van der Waals surface area contributed by atoms with Crippen LogP contribution in [0.4, 0.5) is 0 Å². The second-order valence-corrected chi connectivity index (χ2v) is 3.48. The van der Waals surface area contributed by atoms with Gasteiger partial charge in [0.15, 0.2) is 6.29 Å². The highest BCUT2D eigenvalue weighted by Gasteiger charge is 2.05. The lowest BCUT2D eigenvalue weighted by molar-refractivity contribution is -0.0471. The number of hydrogen-bond donors (Lipinski definition) is 2. The molecule has 0 unspecified atom stereocenters. The van der Waals surface area contributed by atoms with E-state index in [-0.39, 0.29) is 5.97 Å². The smallest absolute Gasteiger partial charge is 0.338 e. The molecule has 0 bridgehead atoms. The molecule has 0 heterocycles. The van der Waals surface area contributed by atoms with Gasteiger partial charge in [-0.15, -0.1) is 0 Å². The molecule has 0 atom stereocenters. The van der Waals surface area contributed by atoms with E-state index in [2.05, 4.69) is 0 Å². The van der Waals surface area contributed by atoms with Crippen molar-refractivity contribution in [1.82, 2.24) is 0 Å². The van der Waals surface area contributed by atoms with Crippen molar-refractivity contribution in [1.29, 1.82) is 0 Å². The number of esters is 1. The van der Waals surface area contributed by atoms with Gasteiger partial charge in [-0.3, -0.25) is 0 Å². The Morgan fingerprint density at radius 2 is 1.88 bits per heavy atom. The van der Waals surface area contributed by atoms with Crippen LogP contribution in [0.1, 0.15) is 29.6 Å². The van der Waals surface area contributed by atoms with Crippen LogP contribution < -0.4 is 0 Å². The average molecular weight is 224 g/mol. The summed E-state index contributed by atoms with van der Waals surface area (Å²) in [5.41, 5.74) is 0.532. The third-order valence-corrected chi connectivity index (χ3v) is 2.10. The maximum absolute atomic E-state index is 11.4. The van der Waals surface area contributed by atoms with Crippen molar-refractivity contribution in [3.05, 3.63) is 35.9 Å². The molecule has 88 valence electrons. The molecule has 0 amide bonds. The number of carbonyl (C=O) groups excluding carboxylic acids is 1. The highest BCUT2D eigenvalue weighted by atomic mass is 16.5. The van der Waals surface area contributed by atoms with Crippen LogP contribution in [0.3, 0.4) is 0 Å². The Labute approximate surface area is 94.5 Å². The molecule has 4 nitrogen and oxygen atoms in total. The SMILES string of the molecule is O=C(OCCCCC(O)O)c1ccccc1. The lowest BCUT2D eigenvalue weighted by atomic mass is 10.2. The van der Waals surface area contributed by atoms with Gasteiger partial charge in [-0.1, -0.05) is 18.2 Å². The summed E-state index contributed by atoms with van der Waals surface area (Å²) in [5.74, 6) is -0.342. The molecule has 0 radical (unpaired) electrons. The standard InChI is InChI=1S/C12H16O4/c13-11(14)8-4-5-9-16-12(15)10-6-2-1-3-7-10/h1-3,6-7,11,13-14H,4-5,8-9H2. The van der Waals surface area contributed by atoms with Crippen molar-refractivity contribution in [3.8, 4) is 0 Å². The van der Waals surface area contributed by atoms with Gasteiger partial charge in [0.1, 0.15) is 0 Å². The highest BCUT2D eigenvalue weighted by Crippen LogP contribution is 2.03. The van der Waals surface area contributed by atoms with Gasteiger partial charge >= 0.3 is 5.97 Å². The molecule has 0 spiro atoms. The molecule has 1 aromatic carbocycles. The summed E-state index contributed by atoms with van der Waals surface area (Å²) in [7, 11) is 0. The van der Waals surface area contributed by atoms with E-state index in [1.807, 2.05) is 6.07 Å². The van der Waals surface area contributed by atoms with Crippen LogP contribution in [0.25, 0.3) is 0 Å². The maximum Gasteiger partial charge on any atom is 0.338 e. The Kier molecular flexibility index (Phi) is 5.53. The maximum atomic E-state index is 11.4. The van der Waals surface area contributed by atoms with E-state index < -0.39 is 6.29 Å². The first-order valence-corrected chi connectivity index (χ1v) is 5.28. The Morgan fingerprint density at radius 1 is 1.19 bits per heavy atom. The molecular weight excluding hydrogens is 208 g/mol. The van der Waals surface area contributed by atoms with Crippen molar-refractivity contribution < 1.29 is 19.7 Å². The van der Waals surface area contributed by atoms with Crippen molar-refractivity contribution in [2.75, 3.05) is 6.61 Å². The summed E-state index contributed by atoms with van der Waals surface area (Å²) in [6.07, 6.45) is 0.295. The number of unbranched alkanes of at least 4 members (excludes halogenated alkanes) is 1. The Hall–Kier alpha value is -1.39. The van der Waals surface area contributed by atoms with Crippen LogP contribution in [0, 0.1) is 0 Å². The van der Waals surface area contributed by atoms with Crippen LogP contribution in [0.15, 0.2) is 30.3 Å². The molecule has 0 aliphatic heterocycles. The van der Waals surface area contributed by atoms with Crippen LogP contribution in [0.5, 0.6) is 0 Å². The van der Waals surface area contributed by atoms with E-state index in [0.717, 1.165) is 0 Å². The second-order valence-electron chi connectivity index (χ2n) is 3.48. The number of rotatable bonds is 6. The first kappa shape index (κ1) is 12.7. The van der Waals surface area contributed by atoms with E-state index in [1.165, 1.54) is 0 Å². The summed E-state index contributed by atoms with van der Waals surface area (Å²) >= 11 is 0. The zero-order valence-electron chi connectivity index (χ0n) is 9.00. The lowest BCUT2D eigenvalue weighted by Gasteiger charge is -2.05. The Balaban J connectivity index is 2.16. The van der Waals surface area contributed by atoms with Gasteiger partial charge in [-0.05, 0) is 31.4 Å². The van der Waals surface area contributed by atoms with E-state index >= 15 is 0 Å². The van der Waals surface area contributed by atoms with Gasteiger partial charge in [0, 0.05) is 0 Å². The number of ether oxygens (including phenoxy) is 1. The highest BCUT2D eigenvalue weighted by molar-refractivity contribution is 5.89. The van der Waals surface area contributed by atoms with Gasteiger partial charge in [-0.2, -0.15) is 0 Å². The summed E-state index contributed by atoms with van der Waals surface area (Å²) in [6, 6.07) is 8.77. The van der Waals surface area contributed by atoms with Crippen LogP contribution in [0.2, 0.25) is 0 Å². The monoisotopic (exact) mass is 224 g/mol. The molecule has 0 saturated heterocycles. The molecule has 2 N–H and O–H groups in total. The van der Waals surface area contributed by atoms with E-state index in [4.69, 9.17) is 14.9 Å². The fraction of sp³-hybridized carbons (Fsp3) is 0.417. The average Bonchev–Trinajstić information content (AvgIpc) is 2.29. The van der Waals surface area contributed by atoms with Crippen molar-refractivity contribution in [3.63, 3.8) is 0 Å². The minimum Gasteiger partial charge on any atom is -0.462 e. The van der Waals surface area contributed by atoms with Crippen molar-refractivity contribution in [2.24, 2.45) is 0 Å². The number of aliphatic hydroxyl groups is 2. The molecule has 1 aromatic rings. The van der Waals surface area contributed by atoms with Gasteiger partial charge in [0.2, 0.25) is 0 Å². The van der Waals surface area contributed by atoms with Gasteiger partial charge in [-0.25, -0.2) is 4.79 Å². The molecule has 16 heavy (non-hydrogen) atoms. The van der Waals surface area contributed by atoms with Crippen LogP contribution in [-0.4, -0.2) is 29.1 Å². The largest absolute Gasteiger partial charge is 0.462 e. The fourth-order valence-corrected chi connectivity index (χ4v) is 1.25. The summed E-state index contributed by atoms with van der Waals surface area (Å²) in [4.78, 5) is 11.4. The molecule has 0 aliphatic rings. The summed E-state index contributed by atoms with van der Waals surface area (Å²) in [5, 5.41) is 17.2. The predicted octanol–water partition coefficient (Wildman–Crippen LogP) is 1.32. The van der Waals surface area contributed by atoms with Crippen molar-refractivity contribution >= 4 is 5.97 Å². The first-order valence-electron chi connectivity index (χ1n) is 5.28. The van der Waals surface area contributed by atoms with E-state index in [9.17, 15) is 4.79 Å². The number of aliphatic hydroxyl groups excluding tert-OH is 1. The molecule has 4 heteroatoms. The number of carbonyl (C=O) groups is 1. The normalized spacial score (nSPS) is 10.4. The summed E-state index contributed by atoms with van der Waals surface area (Å²) in [6.45, 7) is 0.306. The molecule has 0 fully saturated rings. The molecule has 0 aromatic heterocycles. The fourth-order valence-electron chi connectivity index (χ4n) is 1.25. The Morgan fingerprint density at radius 3 is 2.50 bits per heavy atom. The van der Waals surface area contributed by atoms with E-state index in [0.29, 0.717) is 31.4 Å². The van der Waals surface area contributed by atoms with Gasteiger partial charge in [0.25, 0.3) is 0 Å². The lowest BCUT2D eigenvalue weighted by Crippen LogP contribution is -2.08. The Bertz CT molecular complexity index is 308. The van der Waals surface area contributed by atoms with E-state index in [1.54, 1.807) is 24.3 Å². The molecule has 0 saturated carbocycles. The molecular formula is C12H16O4. The van der Waals surface area contributed by atoms with Gasteiger partial charge < -0.3 is 14.9 Å². The topological polar surface area (TPSA) is 66.8 Å². The summed E-state index contributed by atoms with van der Waals surface area (Å²) < 4.78 is 5.01. The van der Waals surface area contributed by atoms with Gasteiger partial charge in [0.05, 0.1) is 12.2 Å². The second kappa shape index (κ2) is 6.98. The number of benzene rings is 1. The predicted molar refractivity (Wildman–Crippen MR) is 58.8 cm³/mol. The number of hydrogen-bond acceptors (Lipinski definition) is 4. The third kappa shape index (κ3) is 4.91. The third-order valence-electron chi connectivity index (χ3n) is 2.10. The molecule has 1 rings (SSSR count). The zero-order chi connectivity index (χ0) is 11.8. The quantitative estimate of drug-likeness (QED) is 0.434.